The monoisotopic (exact) mass is 256 g/mol. The minimum absolute atomic E-state index is 0.119. The van der Waals surface area contributed by atoms with Crippen molar-refractivity contribution in [1.82, 2.24) is 9.78 Å². The zero-order valence-corrected chi connectivity index (χ0v) is 11.6. The fourth-order valence-electron chi connectivity index (χ4n) is 2.50. The Bertz CT molecular complexity index is 568. The molecule has 100 valence electrons. The number of benzene rings is 1. The molecule has 0 aliphatic carbocycles. The van der Waals surface area contributed by atoms with Crippen LogP contribution in [0.25, 0.3) is 11.1 Å². The largest absolute Gasteiger partial charge is 0.357 e. The fraction of sp³-hybridized carbons (Fsp3) is 0.438. The summed E-state index contributed by atoms with van der Waals surface area (Å²) in [5, 5.41) is 4.46. The van der Waals surface area contributed by atoms with Gasteiger partial charge in [-0.1, -0.05) is 18.2 Å². The van der Waals surface area contributed by atoms with Crippen molar-refractivity contribution < 1.29 is 4.74 Å². The van der Waals surface area contributed by atoms with Gasteiger partial charge in [0.1, 0.15) is 6.23 Å². The zero-order chi connectivity index (χ0) is 13.2. The highest BCUT2D eigenvalue weighted by Gasteiger charge is 2.16. The molecule has 1 aromatic carbocycles. The Balaban J connectivity index is 1.85. The maximum Gasteiger partial charge on any atom is 0.150 e. The Hall–Kier alpha value is -1.61. The molecule has 0 radical (unpaired) electrons. The number of ether oxygens (including phenoxy) is 1. The number of aryl methyl sites for hydroxylation is 2. The van der Waals surface area contributed by atoms with E-state index in [1.54, 1.807) is 0 Å². The van der Waals surface area contributed by atoms with Crippen molar-refractivity contribution in [2.75, 3.05) is 6.61 Å². The third-order valence-electron chi connectivity index (χ3n) is 3.89. The minimum atomic E-state index is 0.119. The van der Waals surface area contributed by atoms with Crippen LogP contribution in [0.15, 0.2) is 30.6 Å². The second-order valence-corrected chi connectivity index (χ2v) is 5.33. The van der Waals surface area contributed by atoms with Gasteiger partial charge < -0.3 is 4.74 Å². The maximum atomic E-state index is 5.76. The second kappa shape index (κ2) is 5.17. The predicted octanol–water partition coefficient (Wildman–Crippen LogP) is 3.87. The third-order valence-corrected chi connectivity index (χ3v) is 3.89. The first-order valence-corrected chi connectivity index (χ1v) is 6.97. The molecule has 0 saturated carbocycles. The highest BCUT2D eigenvalue weighted by atomic mass is 16.5. The summed E-state index contributed by atoms with van der Waals surface area (Å²) in [5.41, 5.74) is 5.04. The number of nitrogens with zero attached hydrogens (tertiary/aromatic N) is 2. The van der Waals surface area contributed by atoms with Crippen molar-refractivity contribution in [2.24, 2.45) is 0 Å². The average Bonchev–Trinajstić information content (AvgIpc) is 2.93. The summed E-state index contributed by atoms with van der Waals surface area (Å²) in [4.78, 5) is 0. The second-order valence-electron chi connectivity index (χ2n) is 5.33. The van der Waals surface area contributed by atoms with Gasteiger partial charge in [-0.3, -0.25) is 0 Å². The smallest absolute Gasteiger partial charge is 0.150 e. The van der Waals surface area contributed by atoms with Gasteiger partial charge in [0.15, 0.2) is 0 Å². The SMILES string of the molecule is Cc1ccc(-c2cnn(C3CCCCO3)c2)cc1C. The van der Waals surface area contributed by atoms with Crippen LogP contribution in [0, 0.1) is 13.8 Å². The Morgan fingerprint density at radius 3 is 2.79 bits per heavy atom. The van der Waals surface area contributed by atoms with E-state index in [4.69, 9.17) is 4.74 Å². The van der Waals surface area contributed by atoms with E-state index < -0.39 is 0 Å². The first kappa shape index (κ1) is 12.4. The van der Waals surface area contributed by atoms with E-state index in [0.29, 0.717) is 0 Å². The molecule has 1 unspecified atom stereocenters. The number of hydrogen-bond donors (Lipinski definition) is 0. The molecule has 2 heterocycles. The van der Waals surface area contributed by atoms with Crippen molar-refractivity contribution in [3.63, 3.8) is 0 Å². The summed E-state index contributed by atoms with van der Waals surface area (Å²) < 4.78 is 7.72. The average molecular weight is 256 g/mol. The summed E-state index contributed by atoms with van der Waals surface area (Å²) in [5.74, 6) is 0. The lowest BCUT2D eigenvalue weighted by Crippen LogP contribution is -2.18. The Kier molecular flexibility index (Phi) is 3.38. The van der Waals surface area contributed by atoms with Gasteiger partial charge in [-0.25, -0.2) is 4.68 Å². The summed E-state index contributed by atoms with van der Waals surface area (Å²) in [6.45, 7) is 5.13. The van der Waals surface area contributed by atoms with E-state index in [1.165, 1.54) is 29.5 Å². The fourth-order valence-corrected chi connectivity index (χ4v) is 2.50. The van der Waals surface area contributed by atoms with Crippen molar-refractivity contribution in [1.29, 1.82) is 0 Å². The molecule has 3 nitrogen and oxygen atoms in total. The van der Waals surface area contributed by atoms with Crippen molar-refractivity contribution in [3.05, 3.63) is 41.7 Å². The van der Waals surface area contributed by atoms with E-state index in [2.05, 4.69) is 43.3 Å². The number of rotatable bonds is 2. The minimum Gasteiger partial charge on any atom is -0.357 e. The van der Waals surface area contributed by atoms with Crippen LogP contribution < -0.4 is 0 Å². The van der Waals surface area contributed by atoms with Crippen LogP contribution in [0.3, 0.4) is 0 Å². The van der Waals surface area contributed by atoms with Crippen LogP contribution in [0.2, 0.25) is 0 Å². The molecule has 1 fully saturated rings. The molecular formula is C16H20N2O. The molecule has 1 saturated heterocycles. The predicted molar refractivity (Wildman–Crippen MR) is 76.0 cm³/mol. The molecule has 2 aromatic rings. The number of aromatic nitrogens is 2. The van der Waals surface area contributed by atoms with Crippen molar-refractivity contribution in [3.8, 4) is 11.1 Å². The first-order valence-electron chi connectivity index (χ1n) is 6.97. The molecule has 0 amide bonds. The third kappa shape index (κ3) is 2.56. The van der Waals surface area contributed by atoms with E-state index in [9.17, 15) is 0 Å². The molecule has 0 N–H and O–H groups in total. The van der Waals surface area contributed by atoms with E-state index in [1.807, 2.05) is 10.9 Å². The number of hydrogen-bond acceptors (Lipinski definition) is 2. The van der Waals surface area contributed by atoms with Crippen LogP contribution in [0.5, 0.6) is 0 Å². The van der Waals surface area contributed by atoms with Gasteiger partial charge in [-0.2, -0.15) is 5.10 Å². The highest BCUT2D eigenvalue weighted by Crippen LogP contribution is 2.26. The standard InChI is InChI=1S/C16H20N2O/c1-12-6-7-14(9-13(12)2)15-10-17-18(11-15)16-5-3-4-8-19-16/h6-7,9-11,16H,3-5,8H2,1-2H3. The lowest BCUT2D eigenvalue weighted by Gasteiger charge is -2.22. The molecule has 1 aliphatic rings. The van der Waals surface area contributed by atoms with E-state index in [0.717, 1.165) is 18.6 Å². The maximum absolute atomic E-state index is 5.76. The molecule has 0 bridgehead atoms. The van der Waals surface area contributed by atoms with Crippen molar-refractivity contribution in [2.45, 2.75) is 39.3 Å². The summed E-state index contributed by atoms with van der Waals surface area (Å²) >= 11 is 0. The summed E-state index contributed by atoms with van der Waals surface area (Å²) in [6.07, 6.45) is 7.61. The van der Waals surface area contributed by atoms with Crippen LogP contribution in [0.4, 0.5) is 0 Å². The first-order chi connectivity index (χ1) is 9.24. The molecule has 0 spiro atoms. The molecule has 1 aromatic heterocycles. The van der Waals surface area contributed by atoms with Crippen LogP contribution in [0.1, 0.15) is 36.6 Å². The zero-order valence-electron chi connectivity index (χ0n) is 11.6. The molecule has 19 heavy (non-hydrogen) atoms. The molecule has 1 atom stereocenters. The molecule has 3 heteroatoms. The van der Waals surface area contributed by atoms with Gasteiger partial charge in [-0.15, -0.1) is 0 Å². The lowest BCUT2D eigenvalue weighted by atomic mass is 10.0. The van der Waals surface area contributed by atoms with Crippen molar-refractivity contribution >= 4 is 0 Å². The molecule has 3 rings (SSSR count). The van der Waals surface area contributed by atoms with E-state index in [-0.39, 0.29) is 6.23 Å². The highest BCUT2D eigenvalue weighted by molar-refractivity contribution is 5.63. The van der Waals surface area contributed by atoms with Gasteiger partial charge >= 0.3 is 0 Å². The van der Waals surface area contributed by atoms with E-state index >= 15 is 0 Å². The van der Waals surface area contributed by atoms with Crippen LogP contribution in [-0.2, 0) is 4.74 Å². The summed E-state index contributed by atoms with van der Waals surface area (Å²) in [7, 11) is 0. The van der Waals surface area contributed by atoms with Crippen LogP contribution in [-0.4, -0.2) is 16.4 Å². The van der Waals surface area contributed by atoms with Gasteiger partial charge in [-0.05, 0) is 49.8 Å². The van der Waals surface area contributed by atoms with Gasteiger partial charge in [0.05, 0.1) is 6.20 Å². The van der Waals surface area contributed by atoms with Gasteiger partial charge in [0.25, 0.3) is 0 Å². The van der Waals surface area contributed by atoms with Gasteiger partial charge in [0.2, 0.25) is 0 Å². The molecule has 1 aliphatic heterocycles. The Morgan fingerprint density at radius 2 is 2.05 bits per heavy atom. The van der Waals surface area contributed by atoms with Crippen LogP contribution >= 0.6 is 0 Å². The molecular weight excluding hydrogens is 236 g/mol. The summed E-state index contributed by atoms with van der Waals surface area (Å²) in [6, 6.07) is 6.54. The van der Waals surface area contributed by atoms with Gasteiger partial charge in [0, 0.05) is 18.4 Å². The lowest BCUT2D eigenvalue weighted by molar-refractivity contribution is -0.0394. The topological polar surface area (TPSA) is 27.1 Å². The Labute approximate surface area is 114 Å². The quantitative estimate of drug-likeness (QED) is 0.815. The normalized spacial score (nSPS) is 19.6. The Morgan fingerprint density at radius 1 is 1.16 bits per heavy atom.